The topological polar surface area (TPSA) is 53.3 Å². The van der Waals surface area contributed by atoms with Crippen molar-refractivity contribution in [2.45, 2.75) is 0 Å². The van der Waals surface area contributed by atoms with Crippen molar-refractivity contribution < 1.29 is 8.83 Å². The van der Waals surface area contributed by atoms with Gasteiger partial charge in [0.05, 0.1) is 11.6 Å². The van der Waals surface area contributed by atoms with Gasteiger partial charge in [-0.25, -0.2) is 0 Å². The smallest absolute Gasteiger partial charge is 0.143 e. The number of anilines is 3. The van der Waals surface area contributed by atoms with Crippen LogP contribution in [0.2, 0.25) is 0 Å². The molecule has 0 aliphatic heterocycles. The highest BCUT2D eigenvalue weighted by atomic mass is 16.3. The Bertz CT molecular complexity index is 2460. The largest absolute Gasteiger partial charge is 0.455 e. The Morgan fingerprint density at radius 1 is 0.404 bits per heavy atom. The van der Waals surface area contributed by atoms with Gasteiger partial charge in [0.2, 0.25) is 0 Å². The summed E-state index contributed by atoms with van der Waals surface area (Å²) in [6.45, 7) is 0. The molecule has 0 saturated heterocycles. The number of rotatable bonds is 5. The molecule has 0 saturated carbocycles. The highest BCUT2D eigenvalue weighted by Gasteiger charge is 2.17. The molecule has 0 atom stereocenters. The molecule has 2 aromatic heterocycles. The minimum absolute atomic E-state index is 0.622. The van der Waals surface area contributed by atoms with Gasteiger partial charge >= 0.3 is 0 Å². The van der Waals surface area contributed by atoms with E-state index in [1.807, 2.05) is 60.7 Å². The lowest BCUT2D eigenvalue weighted by atomic mass is 10.0. The zero-order valence-electron chi connectivity index (χ0n) is 25.2. The number of furan rings is 2. The predicted molar refractivity (Wildman–Crippen MR) is 191 cm³/mol. The third-order valence-corrected chi connectivity index (χ3v) is 8.94. The molecule has 0 radical (unpaired) electrons. The van der Waals surface area contributed by atoms with Crippen LogP contribution < -0.4 is 4.90 Å². The van der Waals surface area contributed by atoms with Gasteiger partial charge in [-0.1, -0.05) is 97.1 Å². The van der Waals surface area contributed by atoms with Crippen LogP contribution in [0.3, 0.4) is 0 Å². The summed E-state index contributed by atoms with van der Waals surface area (Å²) in [5.74, 6) is 0. The number of hydrogen-bond donors (Lipinski definition) is 0. The molecule has 0 fully saturated rings. The quantitative estimate of drug-likeness (QED) is 0.197. The van der Waals surface area contributed by atoms with Gasteiger partial charge in [-0.05, 0) is 71.8 Å². The van der Waals surface area contributed by atoms with Crippen LogP contribution in [0.1, 0.15) is 5.56 Å². The zero-order valence-corrected chi connectivity index (χ0v) is 25.2. The second-order valence-corrected chi connectivity index (χ2v) is 11.6. The van der Waals surface area contributed by atoms with Crippen molar-refractivity contribution in [3.05, 3.63) is 163 Å². The molecule has 0 spiro atoms. The summed E-state index contributed by atoms with van der Waals surface area (Å²) in [7, 11) is 0. The van der Waals surface area contributed by atoms with Crippen molar-refractivity contribution >= 4 is 60.9 Å². The van der Waals surface area contributed by atoms with Crippen LogP contribution in [0.4, 0.5) is 17.1 Å². The Balaban J connectivity index is 1.12. The summed E-state index contributed by atoms with van der Waals surface area (Å²) in [6, 6.07) is 56.0. The van der Waals surface area contributed by atoms with Crippen LogP contribution in [0.5, 0.6) is 0 Å². The maximum absolute atomic E-state index is 9.44. The average molecular weight is 603 g/mol. The number of benzene rings is 7. The van der Waals surface area contributed by atoms with Crippen LogP contribution in [0, 0.1) is 11.3 Å². The van der Waals surface area contributed by atoms with Crippen LogP contribution in [-0.4, -0.2) is 0 Å². The molecule has 4 heteroatoms. The fraction of sp³-hybridized carbons (Fsp3) is 0. The van der Waals surface area contributed by atoms with Crippen LogP contribution in [-0.2, 0) is 0 Å². The first-order chi connectivity index (χ1) is 23.2. The molecule has 0 unspecified atom stereocenters. The van der Waals surface area contributed by atoms with Gasteiger partial charge in [-0.3, -0.25) is 0 Å². The van der Waals surface area contributed by atoms with Crippen molar-refractivity contribution in [3.63, 3.8) is 0 Å². The second-order valence-electron chi connectivity index (χ2n) is 11.6. The van der Waals surface area contributed by atoms with E-state index in [-0.39, 0.29) is 0 Å². The summed E-state index contributed by atoms with van der Waals surface area (Å²) in [6.07, 6.45) is 0. The standard InChI is InChI=1S/C43H26N2O2/c44-27-28-15-21-31(22-16-28)45(32-23-17-29(18-24-32)34-9-5-11-38-36-7-1-3-13-40(36)46-42(34)38)33-25-19-30(20-26-33)35-10-6-12-39-37-8-2-4-14-41(37)47-43(35)39/h1-26H. The van der Waals surface area contributed by atoms with Crippen LogP contribution >= 0.6 is 0 Å². The van der Waals surface area contributed by atoms with E-state index in [0.717, 1.165) is 83.2 Å². The van der Waals surface area contributed by atoms with Crippen molar-refractivity contribution in [3.8, 4) is 28.3 Å². The van der Waals surface area contributed by atoms with Crippen molar-refractivity contribution in [2.75, 3.05) is 4.90 Å². The highest BCUT2D eigenvalue weighted by Crippen LogP contribution is 2.41. The SMILES string of the molecule is N#Cc1ccc(N(c2ccc(-c3cccc4c3oc3ccccc34)cc2)c2ccc(-c3cccc4c3oc3ccccc34)cc2)cc1. The van der Waals surface area contributed by atoms with E-state index in [9.17, 15) is 5.26 Å². The van der Waals surface area contributed by atoms with E-state index in [2.05, 4.69) is 108 Å². The number of nitriles is 1. The van der Waals surface area contributed by atoms with Gasteiger partial charge in [-0.2, -0.15) is 5.26 Å². The maximum atomic E-state index is 9.44. The number of para-hydroxylation sites is 4. The molecule has 9 aromatic rings. The molecule has 0 aliphatic rings. The van der Waals surface area contributed by atoms with Gasteiger partial charge in [0.25, 0.3) is 0 Å². The van der Waals surface area contributed by atoms with Gasteiger partial charge in [0.1, 0.15) is 22.3 Å². The van der Waals surface area contributed by atoms with Crippen LogP contribution in [0.15, 0.2) is 167 Å². The molecule has 7 aromatic carbocycles. The van der Waals surface area contributed by atoms with Crippen molar-refractivity contribution in [1.29, 1.82) is 5.26 Å². The minimum Gasteiger partial charge on any atom is -0.455 e. The van der Waals surface area contributed by atoms with E-state index < -0.39 is 0 Å². The summed E-state index contributed by atoms with van der Waals surface area (Å²) < 4.78 is 12.6. The van der Waals surface area contributed by atoms with E-state index >= 15 is 0 Å². The third kappa shape index (κ3) is 4.45. The molecule has 4 nitrogen and oxygen atoms in total. The Kier molecular flexibility index (Phi) is 6.16. The molecule has 47 heavy (non-hydrogen) atoms. The monoisotopic (exact) mass is 602 g/mol. The lowest BCUT2D eigenvalue weighted by Gasteiger charge is -2.26. The van der Waals surface area contributed by atoms with E-state index in [4.69, 9.17) is 8.83 Å². The second kappa shape index (κ2) is 10.8. The molecule has 0 aliphatic carbocycles. The minimum atomic E-state index is 0.622. The van der Waals surface area contributed by atoms with Gasteiger partial charge in [-0.15, -0.1) is 0 Å². The van der Waals surface area contributed by atoms with Crippen LogP contribution in [0.25, 0.3) is 66.1 Å². The molecule has 2 heterocycles. The molecule has 0 N–H and O–H groups in total. The fourth-order valence-electron chi connectivity index (χ4n) is 6.66. The molecule has 0 bridgehead atoms. The number of fused-ring (bicyclic) bond motifs is 6. The third-order valence-electron chi connectivity index (χ3n) is 8.94. The first-order valence-electron chi connectivity index (χ1n) is 15.6. The molecule has 9 rings (SSSR count). The van der Waals surface area contributed by atoms with Crippen molar-refractivity contribution in [2.24, 2.45) is 0 Å². The van der Waals surface area contributed by atoms with Gasteiger partial charge in [0.15, 0.2) is 0 Å². The highest BCUT2D eigenvalue weighted by molar-refractivity contribution is 6.10. The summed E-state index contributed by atoms with van der Waals surface area (Å²) >= 11 is 0. The van der Waals surface area contributed by atoms with Crippen molar-refractivity contribution in [1.82, 2.24) is 0 Å². The predicted octanol–water partition coefficient (Wildman–Crippen LogP) is 12.2. The summed E-state index contributed by atoms with van der Waals surface area (Å²) in [5, 5.41) is 13.9. The summed E-state index contributed by atoms with van der Waals surface area (Å²) in [4.78, 5) is 2.21. The molecule has 220 valence electrons. The van der Waals surface area contributed by atoms with Gasteiger partial charge in [0, 0.05) is 49.7 Å². The zero-order chi connectivity index (χ0) is 31.3. The molecular weight excluding hydrogens is 576 g/mol. The normalized spacial score (nSPS) is 11.4. The lowest BCUT2D eigenvalue weighted by molar-refractivity contribution is 0.669. The average Bonchev–Trinajstić information content (AvgIpc) is 3.71. The fourth-order valence-corrected chi connectivity index (χ4v) is 6.66. The first kappa shape index (κ1) is 26.8. The molecular formula is C43H26N2O2. The Hall–Kier alpha value is -6.57. The molecule has 0 amide bonds. The van der Waals surface area contributed by atoms with E-state index in [0.29, 0.717) is 5.56 Å². The Labute approximate surface area is 270 Å². The summed E-state index contributed by atoms with van der Waals surface area (Å²) in [5.41, 5.74) is 11.4. The van der Waals surface area contributed by atoms with Gasteiger partial charge < -0.3 is 13.7 Å². The Morgan fingerprint density at radius 3 is 1.26 bits per heavy atom. The Morgan fingerprint density at radius 2 is 0.809 bits per heavy atom. The first-order valence-corrected chi connectivity index (χ1v) is 15.6. The number of hydrogen-bond acceptors (Lipinski definition) is 4. The van der Waals surface area contributed by atoms with E-state index in [1.54, 1.807) is 0 Å². The maximum Gasteiger partial charge on any atom is 0.143 e. The lowest BCUT2D eigenvalue weighted by Crippen LogP contribution is -2.09. The number of nitrogens with zero attached hydrogens (tertiary/aromatic N) is 2. The van der Waals surface area contributed by atoms with E-state index in [1.165, 1.54) is 0 Å².